The molecule has 0 aromatic heterocycles. The summed E-state index contributed by atoms with van der Waals surface area (Å²) in [5, 5.41) is 10.3. The van der Waals surface area contributed by atoms with Gasteiger partial charge in [0.15, 0.2) is 0 Å². The lowest BCUT2D eigenvalue weighted by Crippen LogP contribution is -2.32. The van der Waals surface area contributed by atoms with Crippen LogP contribution in [0.1, 0.15) is 25.8 Å². The number of aliphatic hydroxyl groups is 1. The first-order chi connectivity index (χ1) is 11.3. The fourth-order valence-electron chi connectivity index (χ4n) is 1.98. The number of carbonyl (C=O) groups excluding carboxylic acids is 1. The average molecular weight is 335 g/mol. The molecule has 0 aliphatic rings. The van der Waals surface area contributed by atoms with Gasteiger partial charge < -0.3 is 19.5 Å². The predicted octanol–water partition coefficient (Wildman–Crippen LogP) is 2.63. The van der Waals surface area contributed by atoms with Crippen LogP contribution in [0.5, 0.6) is 5.75 Å². The number of benzene rings is 1. The van der Waals surface area contributed by atoms with Crippen LogP contribution in [0, 0.1) is 5.41 Å². The molecule has 0 saturated carbocycles. The van der Waals surface area contributed by atoms with E-state index >= 15 is 0 Å². The summed E-state index contributed by atoms with van der Waals surface area (Å²) in [6.45, 7) is 4.50. The molecular weight excluding hydrogens is 306 g/mol. The lowest BCUT2D eigenvalue weighted by Gasteiger charge is -2.27. The van der Waals surface area contributed by atoms with Crippen molar-refractivity contribution < 1.29 is 19.4 Å². The van der Waals surface area contributed by atoms with Crippen molar-refractivity contribution >= 4 is 5.91 Å². The van der Waals surface area contributed by atoms with E-state index in [1.807, 2.05) is 44.2 Å². The van der Waals surface area contributed by atoms with Crippen molar-refractivity contribution in [3.05, 3.63) is 42.0 Å². The van der Waals surface area contributed by atoms with Crippen molar-refractivity contribution in [2.24, 2.45) is 5.41 Å². The zero-order valence-electron chi connectivity index (χ0n) is 15.3. The van der Waals surface area contributed by atoms with Crippen LogP contribution in [-0.4, -0.2) is 49.8 Å². The Morgan fingerprint density at radius 3 is 2.46 bits per heavy atom. The van der Waals surface area contributed by atoms with Crippen LogP contribution in [0.15, 0.2) is 36.4 Å². The van der Waals surface area contributed by atoms with E-state index in [2.05, 4.69) is 0 Å². The average Bonchev–Trinajstić information content (AvgIpc) is 2.54. The molecule has 0 radical (unpaired) electrons. The SMILES string of the molecule is COc1ccc(COC[C@@H](O)C(C)(C)/C=C/CC(=O)N(C)C)cc1. The van der Waals surface area contributed by atoms with E-state index in [1.165, 1.54) is 0 Å². The summed E-state index contributed by atoms with van der Waals surface area (Å²) in [6.07, 6.45) is 3.35. The lowest BCUT2D eigenvalue weighted by atomic mass is 9.86. The van der Waals surface area contributed by atoms with E-state index in [9.17, 15) is 9.90 Å². The van der Waals surface area contributed by atoms with Gasteiger partial charge in [-0.2, -0.15) is 0 Å². The molecule has 24 heavy (non-hydrogen) atoms. The number of nitrogens with zero attached hydrogens (tertiary/aromatic N) is 1. The van der Waals surface area contributed by atoms with E-state index in [0.29, 0.717) is 13.0 Å². The zero-order valence-corrected chi connectivity index (χ0v) is 15.3. The van der Waals surface area contributed by atoms with Crippen molar-refractivity contribution in [2.75, 3.05) is 27.8 Å². The number of carbonyl (C=O) groups is 1. The Labute approximate surface area is 144 Å². The number of hydrogen-bond donors (Lipinski definition) is 1. The largest absolute Gasteiger partial charge is 0.497 e. The zero-order chi connectivity index (χ0) is 18.2. The van der Waals surface area contributed by atoms with E-state index in [4.69, 9.17) is 9.47 Å². The smallest absolute Gasteiger partial charge is 0.225 e. The van der Waals surface area contributed by atoms with Crippen LogP contribution in [0.2, 0.25) is 0 Å². The molecule has 1 aromatic rings. The second-order valence-electron chi connectivity index (χ2n) is 6.60. The first-order valence-corrected chi connectivity index (χ1v) is 8.03. The van der Waals surface area contributed by atoms with Crippen molar-refractivity contribution in [1.82, 2.24) is 4.90 Å². The Kier molecular flexibility index (Phi) is 7.95. The van der Waals surface area contributed by atoms with Gasteiger partial charge in [-0.15, -0.1) is 0 Å². The fourth-order valence-corrected chi connectivity index (χ4v) is 1.98. The first kappa shape index (κ1) is 20.2. The van der Waals surface area contributed by atoms with Gasteiger partial charge in [-0.25, -0.2) is 0 Å². The molecule has 0 heterocycles. The molecule has 134 valence electrons. The van der Waals surface area contributed by atoms with E-state index < -0.39 is 11.5 Å². The summed E-state index contributed by atoms with van der Waals surface area (Å²) in [4.78, 5) is 13.1. The van der Waals surface area contributed by atoms with Gasteiger partial charge in [0, 0.05) is 25.9 Å². The molecule has 1 aromatic carbocycles. The normalized spacial score (nSPS) is 13.1. The maximum atomic E-state index is 11.6. The third-order valence-corrected chi connectivity index (χ3v) is 3.90. The minimum Gasteiger partial charge on any atom is -0.497 e. The van der Waals surface area contributed by atoms with E-state index in [0.717, 1.165) is 11.3 Å². The topological polar surface area (TPSA) is 59.0 Å². The summed E-state index contributed by atoms with van der Waals surface area (Å²) in [7, 11) is 5.08. The molecule has 1 amide bonds. The van der Waals surface area contributed by atoms with Crippen LogP contribution >= 0.6 is 0 Å². The summed E-state index contributed by atoms with van der Waals surface area (Å²) >= 11 is 0. The molecule has 5 heteroatoms. The molecule has 0 aliphatic carbocycles. The maximum Gasteiger partial charge on any atom is 0.225 e. The van der Waals surface area contributed by atoms with Gasteiger partial charge in [-0.1, -0.05) is 38.1 Å². The summed E-state index contributed by atoms with van der Waals surface area (Å²) in [5.74, 6) is 0.838. The van der Waals surface area contributed by atoms with Gasteiger partial charge in [0.1, 0.15) is 5.75 Å². The van der Waals surface area contributed by atoms with E-state index in [-0.39, 0.29) is 12.5 Å². The number of methoxy groups -OCH3 is 1. The maximum absolute atomic E-state index is 11.6. The Morgan fingerprint density at radius 1 is 1.29 bits per heavy atom. The highest BCUT2D eigenvalue weighted by Gasteiger charge is 2.25. The number of aliphatic hydroxyl groups excluding tert-OH is 1. The molecule has 1 rings (SSSR count). The summed E-state index contributed by atoms with van der Waals surface area (Å²) in [5.41, 5.74) is 0.555. The second-order valence-corrected chi connectivity index (χ2v) is 6.60. The van der Waals surface area contributed by atoms with Crippen molar-refractivity contribution in [2.45, 2.75) is 33.0 Å². The van der Waals surface area contributed by atoms with Gasteiger partial charge in [-0.3, -0.25) is 4.79 Å². The monoisotopic (exact) mass is 335 g/mol. The van der Waals surface area contributed by atoms with Crippen molar-refractivity contribution in [3.63, 3.8) is 0 Å². The van der Waals surface area contributed by atoms with Crippen molar-refractivity contribution in [3.8, 4) is 5.75 Å². The summed E-state index contributed by atoms with van der Waals surface area (Å²) < 4.78 is 10.7. The van der Waals surface area contributed by atoms with Crippen molar-refractivity contribution in [1.29, 1.82) is 0 Å². The minimum absolute atomic E-state index is 0.0345. The van der Waals surface area contributed by atoms with E-state index in [1.54, 1.807) is 32.2 Å². The fraction of sp³-hybridized carbons (Fsp3) is 0.526. The molecule has 1 N–H and O–H groups in total. The van der Waals surface area contributed by atoms with Crippen LogP contribution < -0.4 is 4.74 Å². The third-order valence-electron chi connectivity index (χ3n) is 3.90. The molecule has 0 saturated heterocycles. The Bertz CT molecular complexity index is 535. The molecule has 0 bridgehead atoms. The lowest BCUT2D eigenvalue weighted by molar-refractivity contribution is -0.127. The molecular formula is C19H29NO4. The van der Waals surface area contributed by atoms with Gasteiger partial charge in [-0.05, 0) is 17.7 Å². The number of rotatable bonds is 9. The van der Waals surface area contributed by atoms with Crippen LogP contribution in [-0.2, 0) is 16.1 Å². The number of amides is 1. The van der Waals surface area contributed by atoms with Crippen LogP contribution in [0.25, 0.3) is 0 Å². The molecule has 0 spiro atoms. The number of hydrogen-bond acceptors (Lipinski definition) is 4. The highest BCUT2D eigenvalue weighted by Crippen LogP contribution is 2.23. The third kappa shape index (κ3) is 6.72. The Balaban J connectivity index is 2.42. The second kappa shape index (κ2) is 9.45. The molecule has 0 fully saturated rings. The Morgan fingerprint density at radius 2 is 1.92 bits per heavy atom. The first-order valence-electron chi connectivity index (χ1n) is 8.03. The molecule has 0 aliphatic heterocycles. The van der Waals surface area contributed by atoms with Gasteiger partial charge in [0.2, 0.25) is 5.91 Å². The van der Waals surface area contributed by atoms with Gasteiger partial charge in [0.05, 0.1) is 26.4 Å². The van der Waals surface area contributed by atoms with Gasteiger partial charge >= 0.3 is 0 Å². The predicted molar refractivity (Wildman–Crippen MR) is 94.9 cm³/mol. The quantitative estimate of drug-likeness (QED) is 0.705. The molecule has 0 unspecified atom stereocenters. The highest BCUT2D eigenvalue weighted by atomic mass is 16.5. The van der Waals surface area contributed by atoms with Crippen LogP contribution in [0.3, 0.4) is 0 Å². The number of ether oxygens (including phenoxy) is 2. The molecule has 1 atom stereocenters. The molecule has 5 nitrogen and oxygen atoms in total. The highest BCUT2D eigenvalue weighted by molar-refractivity contribution is 5.77. The Hall–Kier alpha value is -1.85. The van der Waals surface area contributed by atoms with Gasteiger partial charge in [0.25, 0.3) is 0 Å². The minimum atomic E-state index is -0.651. The standard InChI is InChI=1S/C19H29NO4/c1-19(2,12-6-7-18(22)20(3)4)17(21)14-24-13-15-8-10-16(23-5)11-9-15/h6,8-12,17,21H,7,13-14H2,1-5H3/b12-6+/t17-/m1/s1. The summed E-state index contributed by atoms with van der Waals surface area (Å²) in [6, 6.07) is 7.62. The van der Waals surface area contributed by atoms with Crippen LogP contribution in [0.4, 0.5) is 0 Å².